The molecular formula is C12H15N3O8. The van der Waals surface area contributed by atoms with Crippen molar-refractivity contribution in [1.82, 2.24) is 0 Å². The van der Waals surface area contributed by atoms with Gasteiger partial charge in [0.15, 0.2) is 0 Å². The monoisotopic (exact) mass is 329 g/mol. The molecule has 0 fully saturated rings. The summed E-state index contributed by atoms with van der Waals surface area (Å²) in [7, 11) is 0. The van der Waals surface area contributed by atoms with E-state index in [9.17, 15) is 30.3 Å². The molecule has 0 N–H and O–H groups in total. The fourth-order valence-corrected chi connectivity index (χ4v) is 1.75. The number of nitro benzene ring substituents is 3. The molecule has 0 heterocycles. The summed E-state index contributed by atoms with van der Waals surface area (Å²) in [6.45, 7) is 3.36. The van der Waals surface area contributed by atoms with Crippen LogP contribution < -0.4 is 9.47 Å². The number of nitrogens with zero attached hydrogens (tertiary/aromatic N) is 3. The van der Waals surface area contributed by atoms with Crippen LogP contribution in [0.5, 0.6) is 11.5 Å². The highest BCUT2D eigenvalue weighted by Crippen LogP contribution is 2.49. The van der Waals surface area contributed by atoms with E-state index in [1.165, 1.54) is 0 Å². The van der Waals surface area contributed by atoms with Gasteiger partial charge in [0.05, 0.1) is 34.1 Å². The van der Waals surface area contributed by atoms with E-state index in [2.05, 4.69) is 0 Å². The van der Waals surface area contributed by atoms with Gasteiger partial charge in [0.2, 0.25) is 5.75 Å². The van der Waals surface area contributed by atoms with Crippen molar-refractivity contribution in [2.45, 2.75) is 26.7 Å². The highest BCUT2D eigenvalue weighted by Gasteiger charge is 2.41. The second-order valence-electron chi connectivity index (χ2n) is 4.39. The van der Waals surface area contributed by atoms with Crippen LogP contribution in [0.3, 0.4) is 0 Å². The van der Waals surface area contributed by atoms with E-state index >= 15 is 0 Å². The van der Waals surface area contributed by atoms with Crippen LogP contribution in [0.4, 0.5) is 17.1 Å². The molecule has 0 saturated heterocycles. The molecule has 0 unspecified atom stereocenters. The van der Waals surface area contributed by atoms with Crippen molar-refractivity contribution < 1.29 is 24.2 Å². The molecule has 23 heavy (non-hydrogen) atoms. The summed E-state index contributed by atoms with van der Waals surface area (Å²) in [5, 5.41) is 33.6. The van der Waals surface area contributed by atoms with Gasteiger partial charge in [-0.05, 0) is 12.8 Å². The van der Waals surface area contributed by atoms with Gasteiger partial charge in [-0.3, -0.25) is 30.3 Å². The molecule has 0 aliphatic rings. The Kier molecular flexibility index (Phi) is 6.18. The first-order valence-corrected chi connectivity index (χ1v) is 6.74. The summed E-state index contributed by atoms with van der Waals surface area (Å²) in [4.78, 5) is 30.6. The summed E-state index contributed by atoms with van der Waals surface area (Å²) in [5.74, 6) is -1.27. The van der Waals surface area contributed by atoms with Crippen LogP contribution >= 0.6 is 0 Å². The molecular weight excluding hydrogens is 314 g/mol. The molecule has 0 aliphatic heterocycles. The lowest BCUT2D eigenvalue weighted by Crippen LogP contribution is -2.08. The van der Waals surface area contributed by atoms with Gasteiger partial charge in [0, 0.05) is 0 Å². The molecule has 1 rings (SSSR count). The first kappa shape index (κ1) is 18.1. The van der Waals surface area contributed by atoms with Crippen molar-refractivity contribution in [3.63, 3.8) is 0 Å². The number of ether oxygens (including phenoxy) is 2. The van der Waals surface area contributed by atoms with Gasteiger partial charge >= 0.3 is 17.1 Å². The molecule has 0 spiro atoms. The van der Waals surface area contributed by atoms with E-state index in [1.807, 2.05) is 0 Å². The minimum Gasteiger partial charge on any atom is -0.486 e. The lowest BCUT2D eigenvalue weighted by Gasteiger charge is -2.10. The minimum atomic E-state index is -1.08. The smallest absolute Gasteiger partial charge is 0.398 e. The topological polar surface area (TPSA) is 148 Å². The van der Waals surface area contributed by atoms with Crippen molar-refractivity contribution in [1.29, 1.82) is 0 Å². The fraction of sp³-hybridized carbons (Fsp3) is 0.500. The van der Waals surface area contributed by atoms with E-state index in [4.69, 9.17) is 9.47 Å². The van der Waals surface area contributed by atoms with Gasteiger partial charge in [0.1, 0.15) is 0 Å². The number of nitro groups is 3. The summed E-state index contributed by atoms with van der Waals surface area (Å²) in [6.07, 6.45) is 0.878. The maximum Gasteiger partial charge on any atom is 0.398 e. The molecule has 11 nitrogen and oxygen atoms in total. The van der Waals surface area contributed by atoms with Crippen LogP contribution in [0.2, 0.25) is 0 Å². The summed E-state index contributed by atoms with van der Waals surface area (Å²) in [6, 6.07) is 0.784. The molecule has 0 bridgehead atoms. The third kappa shape index (κ3) is 4.02. The quantitative estimate of drug-likeness (QED) is 0.495. The number of rotatable bonds is 9. The molecule has 0 aliphatic carbocycles. The molecule has 0 radical (unpaired) electrons. The highest BCUT2D eigenvalue weighted by molar-refractivity contribution is 5.76. The average Bonchev–Trinajstić information content (AvgIpc) is 2.49. The first-order chi connectivity index (χ1) is 10.8. The van der Waals surface area contributed by atoms with Crippen LogP contribution in [0, 0.1) is 30.3 Å². The molecule has 0 saturated carbocycles. The largest absolute Gasteiger partial charge is 0.486 e. The lowest BCUT2D eigenvalue weighted by molar-refractivity contribution is -0.426. The molecule has 1 aromatic rings. The van der Waals surface area contributed by atoms with Crippen LogP contribution in [-0.4, -0.2) is 28.0 Å². The van der Waals surface area contributed by atoms with Gasteiger partial charge in [-0.25, -0.2) is 0 Å². The lowest BCUT2D eigenvalue weighted by atomic mass is 10.2. The highest BCUT2D eigenvalue weighted by atomic mass is 16.6. The van der Waals surface area contributed by atoms with Gasteiger partial charge < -0.3 is 9.47 Å². The standard InChI is InChI=1S/C12H15N3O8/c1-3-5-22-9-7-8(13(16)17)12(23-6-4-2)11(15(20)21)10(9)14(18)19/h7H,3-6H2,1-2H3. The van der Waals surface area contributed by atoms with Crippen molar-refractivity contribution in [2.24, 2.45) is 0 Å². The van der Waals surface area contributed by atoms with Crippen LogP contribution in [0.15, 0.2) is 6.07 Å². The molecule has 126 valence electrons. The van der Waals surface area contributed by atoms with Crippen LogP contribution in [0.1, 0.15) is 26.7 Å². The zero-order chi connectivity index (χ0) is 17.6. The predicted octanol–water partition coefficient (Wildman–Crippen LogP) is 2.99. The first-order valence-electron chi connectivity index (χ1n) is 6.74. The number of hydrogen-bond donors (Lipinski definition) is 0. The fourth-order valence-electron chi connectivity index (χ4n) is 1.75. The third-order valence-electron chi connectivity index (χ3n) is 2.65. The van der Waals surface area contributed by atoms with E-state index in [1.54, 1.807) is 13.8 Å². The Morgan fingerprint density at radius 2 is 1.39 bits per heavy atom. The van der Waals surface area contributed by atoms with E-state index in [0.29, 0.717) is 12.8 Å². The molecule has 0 aromatic heterocycles. The maximum absolute atomic E-state index is 11.3. The van der Waals surface area contributed by atoms with E-state index < -0.39 is 43.3 Å². The summed E-state index contributed by atoms with van der Waals surface area (Å²) >= 11 is 0. The normalized spacial score (nSPS) is 10.2. The third-order valence-corrected chi connectivity index (χ3v) is 2.65. The zero-order valence-corrected chi connectivity index (χ0v) is 12.5. The van der Waals surface area contributed by atoms with Crippen molar-refractivity contribution in [2.75, 3.05) is 13.2 Å². The van der Waals surface area contributed by atoms with Crippen LogP contribution in [-0.2, 0) is 0 Å². The van der Waals surface area contributed by atoms with Gasteiger partial charge in [-0.1, -0.05) is 13.8 Å². The second kappa shape index (κ2) is 7.87. The summed E-state index contributed by atoms with van der Waals surface area (Å²) < 4.78 is 10.1. The molecule has 1 aromatic carbocycles. The molecule has 0 atom stereocenters. The Labute approximate surface area is 130 Å². The Hall–Kier alpha value is -2.98. The molecule has 11 heteroatoms. The SMILES string of the molecule is CCCOc1cc([N+](=O)[O-])c(OCCC)c([N+](=O)[O-])c1[N+](=O)[O-]. The summed E-state index contributed by atoms with van der Waals surface area (Å²) in [5.41, 5.74) is -2.79. The van der Waals surface area contributed by atoms with E-state index in [0.717, 1.165) is 6.07 Å². The number of benzene rings is 1. The maximum atomic E-state index is 11.3. The predicted molar refractivity (Wildman–Crippen MR) is 78.0 cm³/mol. The zero-order valence-electron chi connectivity index (χ0n) is 12.5. The Morgan fingerprint density at radius 1 is 0.870 bits per heavy atom. The van der Waals surface area contributed by atoms with Crippen molar-refractivity contribution in [3.8, 4) is 11.5 Å². The minimum absolute atomic E-state index is 0.0182. The Bertz CT molecular complexity index is 631. The molecule has 0 amide bonds. The van der Waals surface area contributed by atoms with Crippen LogP contribution in [0.25, 0.3) is 0 Å². The number of hydrogen-bond acceptors (Lipinski definition) is 8. The van der Waals surface area contributed by atoms with E-state index in [-0.39, 0.29) is 13.2 Å². The van der Waals surface area contributed by atoms with Crippen molar-refractivity contribution in [3.05, 3.63) is 36.4 Å². The van der Waals surface area contributed by atoms with Gasteiger partial charge in [0.25, 0.3) is 5.75 Å². The second-order valence-corrected chi connectivity index (χ2v) is 4.39. The van der Waals surface area contributed by atoms with Gasteiger partial charge in [-0.15, -0.1) is 0 Å². The Balaban J connectivity index is 3.71. The average molecular weight is 329 g/mol. The Morgan fingerprint density at radius 3 is 1.83 bits per heavy atom. The van der Waals surface area contributed by atoms with Crippen molar-refractivity contribution >= 4 is 17.1 Å². The van der Waals surface area contributed by atoms with Gasteiger partial charge in [-0.2, -0.15) is 0 Å².